The standard InChI is InChI=1S/C24H27Cl4NO4/c1-4-17(3)33-29-16-18-8-10-19(11-9-18)30-12-6-7-13-31-23-21(25)14-20(15-22(23)26)32-24(27,28)5-2/h5,8-11,14-17H,2,4,6-7,12-13H2,1,3H3/b29-16+. The van der Waals surface area contributed by atoms with Crippen LogP contribution in [0.3, 0.4) is 0 Å². The number of alkyl halides is 2. The second-order valence-corrected chi connectivity index (χ2v) is 9.25. The fourth-order valence-electron chi connectivity index (χ4n) is 2.42. The third-order valence-electron chi connectivity index (χ3n) is 4.41. The Balaban J connectivity index is 1.72. The quantitative estimate of drug-likeness (QED) is 0.0807. The van der Waals surface area contributed by atoms with E-state index in [9.17, 15) is 0 Å². The van der Waals surface area contributed by atoms with E-state index >= 15 is 0 Å². The zero-order valence-corrected chi connectivity index (χ0v) is 21.6. The summed E-state index contributed by atoms with van der Waals surface area (Å²) in [5.74, 6) is 1.46. The van der Waals surface area contributed by atoms with E-state index in [0.29, 0.717) is 34.8 Å². The van der Waals surface area contributed by atoms with Crippen molar-refractivity contribution in [3.63, 3.8) is 0 Å². The summed E-state index contributed by atoms with van der Waals surface area (Å²) in [7, 11) is 0. The highest BCUT2D eigenvalue weighted by atomic mass is 35.5. The van der Waals surface area contributed by atoms with E-state index < -0.39 is 4.52 Å². The molecule has 9 heteroatoms. The number of nitrogens with zero attached hydrogens (tertiary/aromatic N) is 1. The molecule has 2 rings (SSSR count). The Morgan fingerprint density at radius 3 is 2.18 bits per heavy atom. The minimum Gasteiger partial charge on any atom is -0.494 e. The molecule has 0 fully saturated rings. The molecule has 0 saturated heterocycles. The van der Waals surface area contributed by atoms with E-state index in [-0.39, 0.29) is 6.10 Å². The highest BCUT2D eigenvalue weighted by Crippen LogP contribution is 2.39. The number of oxime groups is 1. The summed E-state index contributed by atoms with van der Waals surface area (Å²) in [4.78, 5) is 5.29. The van der Waals surface area contributed by atoms with Crippen LogP contribution < -0.4 is 14.2 Å². The van der Waals surface area contributed by atoms with Gasteiger partial charge in [0.05, 0.1) is 29.5 Å². The number of ether oxygens (including phenoxy) is 3. The van der Waals surface area contributed by atoms with Crippen molar-refractivity contribution in [1.82, 2.24) is 0 Å². The van der Waals surface area contributed by atoms with Crippen molar-refractivity contribution in [3.8, 4) is 17.2 Å². The highest BCUT2D eigenvalue weighted by molar-refractivity contribution is 6.48. The first-order valence-corrected chi connectivity index (χ1v) is 12.0. The van der Waals surface area contributed by atoms with Gasteiger partial charge in [0.2, 0.25) is 0 Å². The van der Waals surface area contributed by atoms with Crippen LogP contribution in [0.4, 0.5) is 0 Å². The molecule has 2 aromatic carbocycles. The van der Waals surface area contributed by atoms with E-state index in [1.165, 1.54) is 18.2 Å². The van der Waals surface area contributed by atoms with Crippen molar-refractivity contribution in [1.29, 1.82) is 0 Å². The maximum absolute atomic E-state index is 6.25. The van der Waals surface area contributed by atoms with Crippen molar-refractivity contribution >= 4 is 52.6 Å². The summed E-state index contributed by atoms with van der Waals surface area (Å²) in [5.41, 5.74) is 0.941. The molecule has 0 radical (unpaired) electrons. The first-order chi connectivity index (χ1) is 15.7. The molecule has 0 spiro atoms. The molecule has 0 saturated carbocycles. The molecule has 0 bridgehead atoms. The maximum Gasteiger partial charge on any atom is 0.277 e. The third kappa shape index (κ3) is 9.93. The normalized spacial score (nSPS) is 12.4. The number of unbranched alkanes of at least 4 members (excludes halogenated alkanes) is 1. The summed E-state index contributed by atoms with van der Waals surface area (Å²) in [6.07, 6.45) is 5.50. The van der Waals surface area contributed by atoms with Crippen LogP contribution in [0.25, 0.3) is 0 Å². The summed E-state index contributed by atoms with van der Waals surface area (Å²) in [6.45, 7) is 8.50. The molecule has 1 atom stereocenters. The Morgan fingerprint density at radius 1 is 1.00 bits per heavy atom. The Morgan fingerprint density at radius 2 is 1.61 bits per heavy atom. The van der Waals surface area contributed by atoms with E-state index in [0.717, 1.165) is 30.6 Å². The number of hydrogen-bond donors (Lipinski definition) is 0. The van der Waals surface area contributed by atoms with Crippen LogP contribution >= 0.6 is 46.4 Å². The van der Waals surface area contributed by atoms with Crippen molar-refractivity contribution in [2.24, 2.45) is 5.16 Å². The Kier molecular flexibility index (Phi) is 11.5. The third-order valence-corrected chi connectivity index (χ3v) is 5.44. The topological polar surface area (TPSA) is 49.3 Å². The van der Waals surface area contributed by atoms with Gasteiger partial charge < -0.3 is 19.0 Å². The molecule has 0 amide bonds. The summed E-state index contributed by atoms with van der Waals surface area (Å²) >= 11 is 24.3. The van der Waals surface area contributed by atoms with Crippen LogP contribution in [0.1, 0.15) is 38.7 Å². The summed E-state index contributed by atoms with van der Waals surface area (Å²) in [5, 5.41) is 4.56. The lowest BCUT2D eigenvalue weighted by atomic mass is 10.2. The van der Waals surface area contributed by atoms with Crippen LogP contribution in [0.5, 0.6) is 17.2 Å². The fourth-order valence-corrected chi connectivity index (χ4v) is 3.17. The molecule has 0 aromatic heterocycles. The molecule has 2 aromatic rings. The minimum absolute atomic E-state index is 0.104. The van der Waals surface area contributed by atoms with Gasteiger partial charge in [-0.25, -0.2) is 0 Å². The molecule has 0 N–H and O–H groups in total. The van der Waals surface area contributed by atoms with E-state index in [4.69, 9.17) is 65.5 Å². The molecule has 0 aliphatic rings. The molecular formula is C24H27Cl4NO4. The molecule has 33 heavy (non-hydrogen) atoms. The predicted octanol–water partition coefficient (Wildman–Crippen LogP) is 8.08. The van der Waals surface area contributed by atoms with Crippen molar-refractivity contribution in [2.45, 2.75) is 43.7 Å². The Labute approximate surface area is 215 Å². The first kappa shape index (κ1) is 27.5. The van der Waals surface area contributed by atoms with E-state index in [2.05, 4.69) is 11.7 Å². The second-order valence-electron chi connectivity index (χ2n) is 7.12. The zero-order valence-electron chi connectivity index (χ0n) is 18.5. The van der Waals surface area contributed by atoms with Gasteiger partial charge >= 0.3 is 0 Å². The van der Waals surface area contributed by atoms with Crippen molar-refractivity contribution < 1.29 is 19.0 Å². The van der Waals surface area contributed by atoms with Gasteiger partial charge in [-0.15, -0.1) is 0 Å². The van der Waals surface area contributed by atoms with Gasteiger partial charge in [-0.2, -0.15) is 0 Å². The Bertz CT molecular complexity index is 896. The number of hydrogen-bond acceptors (Lipinski definition) is 5. The number of rotatable bonds is 14. The monoisotopic (exact) mass is 533 g/mol. The second kappa shape index (κ2) is 13.8. The van der Waals surface area contributed by atoms with Crippen LogP contribution in [-0.2, 0) is 4.84 Å². The zero-order chi connectivity index (χ0) is 24.3. The van der Waals surface area contributed by atoms with E-state index in [1.807, 2.05) is 38.1 Å². The Hall–Kier alpha value is -1.79. The van der Waals surface area contributed by atoms with Crippen LogP contribution in [0.2, 0.25) is 10.0 Å². The summed E-state index contributed by atoms with van der Waals surface area (Å²) in [6, 6.07) is 10.7. The smallest absolute Gasteiger partial charge is 0.277 e. The van der Waals surface area contributed by atoms with Gasteiger partial charge in [-0.3, -0.25) is 0 Å². The largest absolute Gasteiger partial charge is 0.494 e. The molecular weight excluding hydrogens is 508 g/mol. The van der Waals surface area contributed by atoms with Crippen LogP contribution in [-0.4, -0.2) is 30.1 Å². The van der Waals surface area contributed by atoms with E-state index in [1.54, 1.807) is 6.21 Å². The lowest BCUT2D eigenvalue weighted by Crippen LogP contribution is -2.17. The lowest BCUT2D eigenvalue weighted by Gasteiger charge is -2.18. The molecule has 0 aliphatic carbocycles. The molecule has 180 valence electrons. The average molecular weight is 535 g/mol. The molecule has 5 nitrogen and oxygen atoms in total. The van der Waals surface area contributed by atoms with Crippen LogP contribution in [0, 0.1) is 0 Å². The van der Waals surface area contributed by atoms with Crippen LogP contribution in [0.15, 0.2) is 54.2 Å². The first-order valence-electron chi connectivity index (χ1n) is 10.5. The molecule has 0 aliphatic heterocycles. The number of benzene rings is 2. The van der Waals surface area contributed by atoms with Gasteiger partial charge in [-0.1, -0.05) is 65.1 Å². The van der Waals surface area contributed by atoms with Gasteiger partial charge in [0.25, 0.3) is 4.52 Å². The van der Waals surface area contributed by atoms with Gasteiger partial charge in [0.15, 0.2) is 5.75 Å². The lowest BCUT2D eigenvalue weighted by molar-refractivity contribution is 0.0712. The van der Waals surface area contributed by atoms with Gasteiger partial charge in [0, 0.05) is 12.1 Å². The number of halogens is 4. The SMILES string of the molecule is C=CC(Cl)(Cl)Oc1cc(Cl)c(OCCCCOc2ccc(/C=N/OC(C)CC)cc2)c(Cl)c1. The van der Waals surface area contributed by atoms with Crippen molar-refractivity contribution in [3.05, 3.63) is 64.7 Å². The molecule has 1 unspecified atom stereocenters. The maximum atomic E-state index is 6.25. The molecule has 0 heterocycles. The average Bonchev–Trinajstić information content (AvgIpc) is 2.78. The van der Waals surface area contributed by atoms with Crippen molar-refractivity contribution in [2.75, 3.05) is 13.2 Å². The fraction of sp³-hybridized carbons (Fsp3) is 0.375. The van der Waals surface area contributed by atoms with Gasteiger partial charge in [-0.05, 0) is 62.1 Å². The summed E-state index contributed by atoms with van der Waals surface area (Å²) < 4.78 is 15.3. The predicted molar refractivity (Wildman–Crippen MR) is 137 cm³/mol. The highest BCUT2D eigenvalue weighted by Gasteiger charge is 2.22. The minimum atomic E-state index is -1.58. The van der Waals surface area contributed by atoms with Gasteiger partial charge in [0.1, 0.15) is 17.6 Å².